The number of hydrogen-bond acceptors (Lipinski definition) is 3. The lowest BCUT2D eigenvalue weighted by Gasteiger charge is -2.04. The van der Waals surface area contributed by atoms with Gasteiger partial charge in [-0.3, -0.25) is 0 Å². The smallest absolute Gasteiger partial charge is 0.392 e. The van der Waals surface area contributed by atoms with Gasteiger partial charge in [-0.15, -0.1) is 0 Å². The van der Waals surface area contributed by atoms with Gasteiger partial charge in [0.05, 0.1) is 0 Å². The van der Waals surface area contributed by atoms with Crippen molar-refractivity contribution in [2.75, 3.05) is 0 Å². The van der Waals surface area contributed by atoms with Gasteiger partial charge in [0.2, 0.25) is 0 Å². The van der Waals surface area contributed by atoms with Gasteiger partial charge in [0.15, 0.2) is 0 Å². The Kier molecular flexibility index (Phi) is 3.22. The van der Waals surface area contributed by atoms with E-state index in [4.69, 9.17) is 9.79 Å². The molecule has 0 radical (unpaired) electrons. The first-order valence-corrected chi connectivity index (χ1v) is 6.51. The molecule has 7 heteroatoms. The van der Waals surface area contributed by atoms with Crippen LogP contribution >= 0.6 is 6.80 Å². The van der Waals surface area contributed by atoms with Crippen molar-refractivity contribution in [3.05, 3.63) is 30.3 Å². The predicted octanol–water partition coefficient (Wildman–Crippen LogP) is 0.822. The van der Waals surface area contributed by atoms with E-state index in [0.29, 0.717) is 0 Å². The van der Waals surface area contributed by atoms with E-state index in [1.165, 1.54) is 12.1 Å². The van der Waals surface area contributed by atoms with E-state index in [1.807, 2.05) is 0 Å². The SMILES string of the molecule is O=S(Oc1ccccc1)P(=O)(O)O. The van der Waals surface area contributed by atoms with Crippen molar-refractivity contribution in [2.24, 2.45) is 0 Å². The average molecular weight is 222 g/mol. The molecule has 0 aliphatic heterocycles. The van der Waals surface area contributed by atoms with Crippen LogP contribution in [0.25, 0.3) is 0 Å². The van der Waals surface area contributed by atoms with E-state index in [1.54, 1.807) is 18.2 Å². The summed E-state index contributed by atoms with van der Waals surface area (Å²) in [6.07, 6.45) is 0. The van der Waals surface area contributed by atoms with Crippen LogP contribution in [0.3, 0.4) is 0 Å². The Balaban J connectivity index is 2.72. The van der Waals surface area contributed by atoms with Crippen LogP contribution in [-0.4, -0.2) is 14.0 Å². The number of rotatable bonds is 3. The molecule has 0 fully saturated rings. The van der Waals surface area contributed by atoms with Gasteiger partial charge >= 0.3 is 17.5 Å². The van der Waals surface area contributed by atoms with Crippen molar-refractivity contribution < 1.29 is 22.7 Å². The Morgan fingerprint density at radius 1 is 1.23 bits per heavy atom. The predicted molar refractivity (Wildman–Crippen MR) is 47.3 cm³/mol. The van der Waals surface area contributed by atoms with E-state index < -0.39 is 17.5 Å². The summed E-state index contributed by atoms with van der Waals surface area (Å²) in [4.78, 5) is 16.9. The number of para-hydroxylation sites is 1. The van der Waals surface area contributed by atoms with Crippen molar-refractivity contribution in [3.8, 4) is 5.75 Å². The standard InChI is InChI=1S/C6H7O5PS/c7-12(8,9)13(10)11-6-4-2-1-3-5-6/h1-5H,(H2,7,8,9). The highest BCUT2D eigenvalue weighted by Crippen LogP contribution is 2.40. The van der Waals surface area contributed by atoms with Crippen molar-refractivity contribution >= 4 is 17.5 Å². The van der Waals surface area contributed by atoms with Crippen molar-refractivity contribution in [3.63, 3.8) is 0 Å². The highest BCUT2D eigenvalue weighted by Gasteiger charge is 2.26. The summed E-state index contributed by atoms with van der Waals surface area (Å²) in [6.45, 7) is -4.67. The fourth-order valence-corrected chi connectivity index (χ4v) is 1.53. The molecule has 0 saturated carbocycles. The lowest BCUT2D eigenvalue weighted by molar-refractivity contribution is 0.388. The molecular weight excluding hydrogens is 215 g/mol. The largest absolute Gasteiger partial charge is 0.451 e. The molecule has 1 aromatic rings. The summed E-state index contributed by atoms with van der Waals surface area (Å²) in [5.41, 5.74) is 0. The molecule has 0 bridgehead atoms. The van der Waals surface area contributed by atoms with Crippen LogP contribution in [0.5, 0.6) is 5.75 Å². The lowest BCUT2D eigenvalue weighted by Crippen LogP contribution is -2.00. The van der Waals surface area contributed by atoms with Crippen LogP contribution in [0.4, 0.5) is 0 Å². The Morgan fingerprint density at radius 2 is 1.77 bits per heavy atom. The molecule has 1 atom stereocenters. The second kappa shape index (κ2) is 4.02. The summed E-state index contributed by atoms with van der Waals surface area (Å²) in [5, 5.41) is 0. The van der Waals surface area contributed by atoms with Gasteiger partial charge < -0.3 is 14.0 Å². The van der Waals surface area contributed by atoms with Crippen LogP contribution in [0.15, 0.2) is 30.3 Å². The molecule has 0 amide bonds. The van der Waals surface area contributed by atoms with Gasteiger partial charge in [-0.25, -0.2) is 8.77 Å². The molecular formula is C6H7O5PS. The Labute approximate surface area is 76.9 Å². The van der Waals surface area contributed by atoms with Crippen LogP contribution < -0.4 is 4.18 Å². The second-order valence-electron chi connectivity index (χ2n) is 2.10. The zero-order valence-corrected chi connectivity index (χ0v) is 8.07. The molecule has 0 saturated heterocycles. The normalized spacial score (nSPS) is 13.7. The first-order chi connectivity index (χ1) is 6.00. The third kappa shape index (κ3) is 3.28. The first-order valence-electron chi connectivity index (χ1n) is 3.21. The highest BCUT2D eigenvalue weighted by molar-refractivity contribution is 8.42. The molecule has 0 heterocycles. The quantitative estimate of drug-likeness (QED) is 0.739. The molecule has 72 valence electrons. The minimum Gasteiger partial charge on any atom is -0.392 e. The zero-order chi connectivity index (χ0) is 9.90. The van der Waals surface area contributed by atoms with Crippen LogP contribution in [-0.2, 0) is 15.3 Å². The van der Waals surface area contributed by atoms with E-state index in [9.17, 15) is 8.77 Å². The third-order valence-corrected chi connectivity index (χ3v) is 3.22. The molecule has 1 aromatic carbocycles. The van der Waals surface area contributed by atoms with Crippen LogP contribution in [0.1, 0.15) is 0 Å². The summed E-state index contributed by atoms with van der Waals surface area (Å²) >= 11 is 0. The molecule has 5 nitrogen and oxygen atoms in total. The number of benzene rings is 1. The fourth-order valence-electron chi connectivity index (χ4n) is 0.607. The zero-order valence-electron chi connectivity index (χ0n) is 6.36. The minimum atomic E-state index is -4.67. The maximum Gasteiger partial charge on any atom is 0.451 e. The molecule has 0 aromatic heterocycles. The van der Waals surface area contributed by atoms with Crippen LogP contribution in [0, 0.1) is 0 Å². The Bertz CT molecular complexity index is 345. The van der Waals surface area contributed by atoms with E-state index in [-0.39, 0.29) is 5.75 Å². The highest BCUT2D eigenvalue weighted by atomic mass is 32.8. The fraction of sp³-hybridized carbons (Fsp3) is 0. The molecule has 1 rings (SSSR count). The molecule has 0 spiro atoms. The molecule has 2 N–H and O–H groups in total. The summed E-state index contributed by atoms with van der Waals surface area (Å²) in [6, 6.07) is 7.81. The Morgan fingerprint density at radius 3 is 2.23 bits per heavy atom. The van der Waals surface area contributed by atoms with Crippen molar-refractivity contribution in [1.29, 1.82) is 0 Å². The van der Waals surface area contributed by atoms with Gasteiger partial charge in [0.25, 0.3) is 0 Å². The average Bonchev–Trinajstić information content (AvgIpc) is 2.04. The second-order valence-corrected chi connectivity index (χ2v) is 6.01. The maximum atomic E-state index is 10.8. The van der Waals surface area contributed by atoms with Gasteiger partial charge in [-0.2, -0.15) is 0 Å². The Hall–Kier alpha value is -0.680. The lowest BCUT2D eigenvalue weighted by atomic mass is 10.3. The van der Waals surface area contributed by atoms with Crippen LogP contribution in [0.2, 0.25) is 0 Å². The van der Waals surface area contributed by atoms with Gasteiger partial charge in [-0.1, -0.05) is 18.2 Å². The van der Waals surface area contributed by atoms with Crippen molar-refractivity contribution in [2.45, 2.75) is 0 Å². The number of hydrogen-bond donors (Lipinski definition) is 2. The minimum absolute atomic E-state index is 0.157. The maximum absolute atomic E-state index is 10.8. The van der Waals surface area contributed by atoms with E-state index in [2.05, 4.69) is 4.18 Å². The van der Waals surface area contributed by atoms with Gasteiger partial charge in [0, 0.05) is 0 Å². The van der Waals surface area contributed by atoms with Gasteiger partial charge in [-0.05, 0) is 12.1 Å². The van der Waals surface area contributed by atoms with E-state index in [0.717, 1.165) is 0 Å². The molecule has 13 heavy (non-hydrogen) atoms. The summed E-state index contributed by atoms with van der Waals surface area (Å²) in [7, 11) is -2.62. The van der Waals surface area contributed by atoms with Crippen molar-refractivity contribution in [1.82, 2.24) is 0 Å². The molecule has 1 unspecified atom stereocenters. The molecule has 0 aliphatic carbocycles. The summed E-state index contributed by atoms with van der Waals surface area (Å²) < 4.78 is 25.7. The van der Waals surface area contributed by atoms with E-state index >= 15 is 0 Å². The van der Waals surface area contributed by atoms with Gasteiger partial charge in [0.1, 0.15) is 5.75 Å². The first kappa shape index (κ1) is 10.4. The topological polar surface area (TPSA) is 83.8 Å². The summed E-state index contributed by atoms with van der Waals surface area (Å²) in [5.74, 6) is 0.157. The third-order valence-electron chi connectivity index (χ3n) is 1.10. The molecule has 0 aliphatic rings. The monoisotopic (exact) mass is 222 g/mol.